The Morgan fingerprint density at radius 1 is 1.38 bits per heavy atom. The van der Waals surface area contributed by atoms with E-state index < -0.39 is 0 Å². The van der Waals surface area contributed by atoms with Crippen molar-refractivity contribution in [3.05, 3.63) is 35.2 Å². The first-order valence-corrected chi connectivity index (χ1v) is 6.10. The summed E-state index contributed by atoms with van der Waals surface area (Å²) >= 11 is 6.35. The Balaban J connectivity index is 2.05. The highest BCUT2D eigenvalue weighted by Crippen LogP contribution is 2.28. The van der Waals surface area contributed by atoms with Gasteiger partial charge in [0, 0.05) is 6.20 Å². The minimum Gasteiger partial charge on any atom is -0.309 e. The van der Waals surface area contributed by atoms with Crippen molar-refractivity contribution in [1.82, 2.24) is 14.7 Å². The van der Waals surface area contributed by atoms with E-state index in [1.54, 1.807) is 0 Å². The van der Waals surface area contributed by atoms with Crippen LogP contribution in [0.5, 0.6) is 0 Å². The smallest absolute Gasteiger partial charge is 0.138 e. The Morgan fingerprint density at radius 3 is 3.06 bits per heavy atom. The summed E-state index contributed by atoms with van der Waals surface area (Å²) in [5.74, 6) is 0. The number of fused-ring (bicyclic) bond motifs is 1. The lowest BCUT2D eigenvalue weighted by Crippen LogP contribution is -2.27. The molecule has 0 aliphatic carbocycles. The highest BCUT2D eigenvalue weighted by Gasteiger charge is 2.21. The Hall–Kier alpha value is -1.06. The summed E-state index contributed by atoms with van der Waals surface area (Å²) in [7, 11) is 0. The highest BCUT2D eigenvalue weighted by molar-refractivity contribution is 6.30. The fourth-order valence-corrected chi connectivity index (χ4v) is 2.61. The molecule has 84 valence electrons. The van der Waals surface area contributed by atoms with Gasteiger partial charge in [0.25, 0.3) is 0 Å². The van der Waals surface area contributed by atoms with Crippen LogP contribution in [-0.4, -0.2) is 15.9 Å². The lowest BCUT2D eigenvalue weighted by Gasteiger charge is -2.21. The third-order valence-corrected chi connectivity index (χ3v) is 3.51. The lowest BCUT2D eigenvalue weighted by atomic mass is 10.0. The predicted molar refractivity (Wildman–Crippen MR) is 64.8 cm³/mol. The average Bonchev–Trinajstić information content (AvgIpc) is 2.69. The first-order chi connectivity index (χ1) is 7.86. The van der Waals surface area contributed by atoms with Gasteiger partial charge in [0.05, 0.1) is 11.7 Å². The summed E-state index contributed by atoms with van der Waals surface area (Å²) in [6.07, 6.45) is 5.59. The van der Waals surface area contributed by atoms with Crippen molar-refractivity contribution in [3.63, 3.8) is 0 Å². The Bertz CT molecular complexity index is 500. The third kappa shape index (κ3) is 1.60. The van der Waals surface area contributed by atoms with Crippen molar-refractivity contribution in [2.45, 2.75) is 25.3 Å². The molecular formula is C12H14ClN3. The molecule has 2 aromatic rings. The zero-order valence-corrected chi connectivity index (χ0v) is 9.74. The van der Waals surface area contributed by atoms with Crippen LogP contribution in [0.15, 0.2) is 24.4 Å². The topological polar surface area (TPSA) is 29.3 Å². The highest BCUT2D eigenvalue weighted by atomic mass is 35.5. The predicted octanol–water partition coefficient (Wildman–Crippen LogP) is 2.80. The van der Waals surface area contributed by atoms with E-state index in [1.165, 1.54) is 12.8 Å². The maximum atomic E-state index is 6.35. The molecular weight excluding hydrogens is 222 g/mol. The van der Waals surface area contributed by atoms with Crippen LogP contribution in [0.2, 0.25) is 5.15 Å². The van der Waals surface area contributed by atoms with E-state index in [2.05, 4.69) is 10.3 Å². The number of hydrogen-bond donors (Lipinski definition) is 1. The summed E-state index contributed by atoms with van der Waals surface area (Å²) < 4.78 is 1.94. The number of piperidine rings is 1. The number of rotatable bonds is 1. The number of nitrogens with zero attached hydrogens (tertiary/aromatic N) is 2. The molecule has 2 aromatic heterocycles. The van der Waals surface area contributed by atoms with E-state index in [1.807, 2.05) is 28.8 Å². The Labute approximate surface area is 99.4 Å². The molecule has 3 heterocycles. The maximum Gasteiger partial charge on any atom is 0.138 e. The average molecular weight is 236 g/mol. The van der Waals surface area contributed by atoms with Crippen molar-refractivity contribution >= 4 is 17.2 Å². The van der Waals surface area contributed by atoms with Crippen molar-refractivity contribution < 1.29 is 0 Å². The van der Waals surface area contributed by atoms with Crippen LogP contribution in [0, 0.1) is 0 Å². The first kappa shape index (κ1) is 10.1. The number of halogens is 1. The third-order valence-electron chi connectivity index (χ3n) is 3.14. The van der Waals surface area contributed by atoms with Crippen LogP contribution in [-0.2, 0) is 0 Å². The summed E-state index contributed by atoms with van der Waals surface area (Å²) in [5.41, 5.74) is 1.92. The van der Waals surface area contributed by atoms with E-state index in [-0.39, 0.29) is 0 Å². The number of pyridine rings is 1. The summed E-state index contributed by atoms with van der Waals surface area (Å²) in [4.78, 5) is 4.60. The van der Waals surface area contributed by atoms with Gasteiger partial charge in [-0.05, 0) is 31.5 Å². The van der Waals surface area contributed by atoms with Gasteiger partial charge in [-0.1, -0.05) is 24.1 Å². The monoisotopic (exact) mass is 235 g/mol. The van der Waals surface area contributed by atoms with Gasteiger partial charge in [-0.3, -0.25) is 4.40 Å². The van der Waals surface area contributed by atoms with Gasteiger partial charge in [-0.2, -0.15) is 0 Å². The molecule has 1 aliphatic rings. The van der Waals surface area contributed by atoms with Gasteiger partial charge in [0.1, 0.15) is 10.8 Å². The number of imidazole rings is 1. The van der Waals surface area contributed by atoms with Crippen molar-refractivity contribution in [1.29, 1.82) is 0 Å². The molecule has 1 unspecified atom stereocenters. The van der Waals surface area contributed by atoms with Crippen molar-refractivity contribution in [2.75, 3.05) is 6.54 Å². The number of aromatic nitrogens is 2. The Kier molecular flexibility index (Phi) is 2.58. The molecule has 3 rings (SSSR count). The van der Waals surface area contributed by atoms with E-state index in [0.717, 1.165) is 29.5 Å². The van der Waals surface area contributed by atoms with Crippen LogP contribution in [0.4, 0.5) is 0 Å². The molecule has 3 nitrogen and oxygen atoms in total. The molecule has 0 bridgehead atoms. The molecule has 1 fully saturated rings. The van der Waals surface area contributed by atoms with Gasteiger partial charge in [0.15, 0.2) is 0 Å². The molecule has 0 amide bonds. The van der Waals surface area contributed by atoms with Gasteiger partial charge >= 0.3 is 0 Å². The van der Waals surface area contributed by atoms with E-state index in [4.69, 9.17) is 11.6 Å². The van der Waals surface area contributed by atoms with Crippen molar-refractivity contribution in [3.8, 4) is 0 Å². The minimum absolute atomic E-state index is 0.321. The molecule has 1 atom stereocenters. The van der Waals surface area contributed by atoms with Crippen molar-refractivity contribution in [2.24, 2.45) is 0 Å². The maximum absolute atomic E-state index is 6.35. The van der Waals surface area contributed by atoms with Gasteiger partial charge in [0.2, 0.25) is 0 Å². The Morgan fingerprint density at radius 2 is 2.31 bits per heavy atom. The molecule has 4 heteroatoms. The fraction of sp³-hybridized carbons (Fsp3) is 0.417. The van der Waals surface area contributed by atoms with Crippen LogP contribution in [0.1, 0.15) is 31.0 Å². The summed E-state index contributed by atoms with van der Waals surface area (Å²) in [5, 5.41) is 4.22. The first-order valence-electron chi connectivity index (χ1n) is 5.72. The second kappa shape index (κ2) is 4.07. The van der Waals surface area contributed by atoms with E-state index >= 15 is 0 Å². The molecule has 0 radical (unpaired) electrons. The lowest BCUT2D eigenvalue weighted by molar-refractivity contribution is 0.406. The largest absolute Gasteiger partial charge is 0.309 e. The quantitative estimate of drug-likeness (QED) is 0.824. The zero-order chi connectivity index (χ0) is 11.0. The minimum atomic E-state index is 0.321. The second-order valence-electron chi connectivity index (χ2n) is 4.22. The molecule has 0 saturated carbocycles. The van der Waals surface area contributed by atoms with Crippen LogP contribution in [0.25, 0.3) is 5.65 Å². The summed E-state index contributed by atoms with van der Waals surface area (Å²) in [6, 6.07) is 6.26. The zero-order valence-electron chi connectivity index (χ0n) is 8.99. The van der Waals surface area contributed by atoms with Crippen LogP contribution < -0.4 is 5.32 Å². The van der Waals surface area contributed by atoms with Gasteiger partial charge in [-0.25, -0.2) is 4.98 Å². The second-order valence-corrected chi connectivity index (χ2v) is 4.58. The van der Waals surface area contributed by atoms with E-state index in [9.17, 15) is 0 Å². The molecule has 16 heavy (non-hydrogen) atoms. The number of nitrogens with one attached hydrogen (secondary N) is 1. The molecule has 1 aliphatic heterocycles. The normalized spacial score (nSPS) is 21.4. The van der Waals surface area contributed by atoms with Crippen LogP contribution in [0.3, 0.4) is 0 Å². The van der Waals surface area contributed by atoms with Crippen LogP contribution >= 0.6 is 11.6 Å². The fourth-order valence-electron chi connectivity index (χ4n) is 2.29. The molecule has 1 saturated heterocycles. The SMILES string of the molecule is Clc1c(C2CCCCN2)nc2ccccn12. The molecule has 0 spiro atoms. The van der Waals surface area contributed by atoms with Gasteiger partial charge in [-0.15, -0.1) is 0 Å². The molecule has 1 N–H and O–H groups in total. The van der Waals surface area contributed by atoms with E-state index in [0.29, 0.717) is 6.04 Å². The molecule has 0 aromatic carbocycles. The number of hydrogen-bond acceptors (Lipinski definition) is 2. The van der Waals surface area contributed by atoms with Gasteiger partial charge < -0.3 is 5.32 Å². The summed E-state index contributed by atoms with van der Waals surface area (Å²) in [6.45, 7) is 1.06. The standard InChI is InChI=1S/C12H14ClN3/c13-12-11(9-5-1-3-7-14-9)15-10-6-2-4-8-16(10)12/h2,4,6,8-9,14H,1,3,5,7H2.